The average molecular weight is 281 g/mol. The molecule has 0 aliphatic carbocycles. The van der Waals surface area contributed by atoms with Crippen LogP contribution in [0.1, 0.15) is 28.4 Å². The van der Waals surface area contributed by atoms with Crippen LogP contribution in [0.2, 0.25) is 0 Å². The summed E-state index contributed by atoms with van der Waals surface area (Å²) in [6.45, 7) is 3.48. The zero-order chi connectivity index (χ0) is 15.1. The number of carbonyl (C=O) groups excluding carboxylic acids is 1. The summed E-state index contributed by atoms with van der Waals surface area (Å²) in [5.74, 6) is 0.188. The maximum Gasteiger partial charge on any atom is 0.176 e. The fraction of sp³-hybridized carbons (Fsp3) is 0.316. The Bertz CT molecular complexity index is 560. The molecular weight excluding hydrogens is 258 g/mol. The predicted octanol–water partition coefficient (Wildman–Crippen LogP) is 3.61. The van der Waals surface area contributed by atoms with Crippen molar-refractivity contribution in [3.05, 3.63) is 71.3 Å². The Hall–Kier alpha value is -1.93. The molecule has 0 atom stereocenters. The number of rotatable bonds is 7. The molecule has 2 nitrogen and oxygen atoms in total. The van der Waals surface area contributed by atoms with E-state index in [9.17, 15) is 4.79 Å². The number of ketones is 1. The summed E-state index contributed by atoms with van der Waals surface area (Å²) < 4.78 is 0. The topological polar surface area (TPSA) is 20.3 Å². The third kappa shape index (κ3) is 4.83. The zero-order valence-electron chi connectivity index (χ0n) is 12.9. The van der Waals surface area contributed by atoms with Gasteiger partial charge in [0, 0.05) is 12.1 Å². The van der Waals surface area contributed by atoms with Gasteiger partial charge in [-0.1, -0.05) is 61.5 Å². The zero-order valence-corrected chi connectivity index (χ0v) is 12.9. The van der Waals surface area contributed by atoms with E-state index in [4.69, 9.17) is 0 Å². The molecule has 0 spiro atoms. The molecule has 0 aliphatic heterocycles. The van der Waals surface area contributed by atoms with Gasteiger partial charge in [0.1, 0.15) is 0 Å². The molecule has 0 radical (unpaired) electrons. The molecule has 110 valence electrons. The van der Waals surface area contributed by atoms with Gasteiger partial charge in [0.25, 0.3) is 0 Å². The molecule has 0 saturated carbocycles. The number of likely N-dealkylation sites (N-methyl/N-ethyl adjacent to an activating group) is 1. The Labute approximate surface area is 127 Å². The SMILES string of the molecule is CCc1ccc(C(=O)CN(C)CCc2ccccc2)cc1. The van der Waals surface area contributed by atoms with Crippen molar-refractivity contribution in [1.82, 2.24) is 4.90 Å². The molecule has 0 bridgehead atoms. The van der Waals surface area contributed by atoms with E-state index in [0.29, 0.717) is 6.54 Å². The van der Waals surface area contributed by atoms with Gasteiger partial charge in [-0.25, -0.2) is 0 Å². The fourth-order valence-corrected chi connectivity index (χ4v) is 2.31. The van der Waals surface area contributed by atoms with Crippen molar-refractivity contribution < 1.29 is 4.79 Å². The Balaban J connectivity index is 1.83. The first-order valence-corrected chi connectivity index (χ1v) is 7.53. The molecule has 2 aromatic rings. The molecule has 0 fully saturated rings. The van der Waals surface area contributed by atoms with Crippen molar-refractivity contribution in [1.29, 1.82) is 0 Å². The van der Waals surface area contributed by atoms with E-state index >= 15 is 0 Å². The number of aryl methyl sites for hydroxylation is 1. The van der Waals surface area contributed by atoms with E-state index < -0.39 is 0 Å². The highest BCUT2D eigenvalue weighted by molar-refractivity contribution is 5.97. The molecule has 0 saturated heterocycles. The summed E-state index contributed by atoms with van der Waals surface area (Å²) in [6, 6.07) is 18.3. The van der Waals surface area contributed by atoms with Crippen molar-refractivity contribution in [3.8, 4) is 0 Å². The van der Waals surface area contributed by atoms with Crippen molar-refractivity contribution in [2.24, 2.45) is 0 Å². The third-order valence-corrected chi connectivity index (χ3v) is 3.72. The summed E-state index contributed by atoms with van der Waals surface area (Å²) in [5.41, 5.74) is 3.38. The van der Waals surface area contributed by atoms with Crippen LogP contribution in [0.25, 0.3) is 0 Å². The molecule has 0 unspecified atom stereocenters. The van der Waals surface area contributed by atoms with Gasteiger partial charge in [0.05, 0.1) is 6.54 Å². The number of benzene rings is 2. The van der Waals surface area contributed by atoms with Gasteiger partial charge in [-0.15, -0.1) is 0 Å². The molecule has 2 aromatic carbocycles. The van der Waals surface area contributed by atoms with Gasteiger partial charge in [0.2, 0.25) is 0 Å². The van der Waals surface area contributed by atoms with Crippen molar-refractivity contribution in [2.45, 2.75) is 19.8 Å². The summed E-state index contributed by atoms with van der Waals surface area (Å²) >= 11 is 0. The number of carbonyl (C=O) groups is 1. The first kappa shape index (κ1) is 15.5. The van der Waals surface area contributed by atoms with Crippen LogP contribution in [-0.4, -0.2) is 30.8 Å². The molecule has 0 aliphatic rings. The minimum absolute atomic E-state index is 0.188. The third-order valence-electron chi connectivity index (χ3n) is 3.72. The molecule has 0 N–H and O–H groups in total. The van der Waals surface area contributed by atoms with Gasteiger partial charge < -0.3 is 0 Å². The van der Waals surface area contributed by atoms with Crippen molar-refractivity contribution in [3.63, 3.8) is 0 Å². The van der Waals surface area contributed by atoms with E-state index in [1.54, 1.807) is 0 Å². The van der Waals surface area contributed by atoms with Crippen LogP contribution in [0.5, 0.6) is 0 Å². The van der Waals surface area contributed by atoms with E-state index in [1.807, 2.05) is 37.4 Å². The van der Waals surface area contributed by atoms with Crippen LogP contribution in [0.3, 0.4) is 0 Å². The lowest BCUT2D eigenvalue weighted by Gasteiger charge is -2.15. The normalized spacial score (nSPS) is 10.8. The Morgan fingerprint density at radius 3 is 2.24 bits per heavy atom. The second-order valence-electron chi connectivity index (χ2n) is 5.45. The van der Waals surface area contributed by atoms with Gasteiger partial charge in [-0.3, -0.25) is 9.69 Å². The van der Waals surface area contributed by atoms with Crippen LogP contribution < -0.4 is 0 Å². The number of hydrogen-bond donors (Lipinski definition) is 0. The highest BCUT2D eigenvalue weighted by Crippen LogP contribution is 2.07. The van der Waals surface area contributed by atoms with Crippen LogP contribution in [0, 0.1) is 0 Å². The van der Waals surface area contributed by atoms with Gasteiger partial charge in [0.15, 0.2) is 5.78 Å². The highest BCUT2D eigenvalue weighted by Gasteiger charge is 2.09. The van der Waals surface area contributed by atoms with E-state index in [2.05, 4.69) is 36.1 Å². The van der Waals surface area contributed by atoms with Gasteiger partial charge >= 0.3 is 0 Å². The van der Waals surface area contributed by atoms with E-state index in [1.165, 1.54) is 11.1 Å². The van der Waals surface area contributed by atoms with Crippen LogP contribution in [0.15, 0.2) is 54.6 Å². The largest absolute Gasteiger partial charge is 0.299 e. The smallest absolute Gasteiger partial charge is 0.176 e. The lowest BCUT2D eigenvalue weighted by Crippen LogP contribution is -2.28. The van der Waals surface area contributed by atoms with Crippen molar-refractivity contribution in [2.75, 3.05) is 20.1 Å². The Morgan fingerprint density at radius 2 is 1.62 bits per heavy atom. The minimum atomic E-state index is 0.188. The number of Topliss-reactive ketones (excluding diaryl/α,β-unsaturated/α-hetero) is 1. The Morgan fingerprint density at radius 1 is 0.952 bits per heavy atom. The van der Waals surface area contributed by atoms with Crippen LogP contribution >= 0.6 is 0 Å². The molecule has 2 heteroatoms. The fourth-order valence-electron chi connectivity index (χ4n) is 2.31. The summed E-state index contributed by atoms with van der Waals surface area (Å²) in [5, 5.41) is 0. The Kier molecular flexibility index (Phi) is 5.70. The van der Waals surface area contributed by atoms with Crippen LogP contribution in [0.4, 0.5) is 0 Å². The molecule has 21 heavy (non-hydrogen) atoms. The number of hydrogen-bond acceptors (Lipinski definition) is 2. The standard InChI is InChI=1S/C19H23NO/c1-3-16-9-11-18(12-10-16)19(21)15-20(2)14-13-17-7-5-4-6-8-17/h4-12H,3,13-15H2,1-2H3. The summed E-state index contributed by atoms with van der Waals surface area (Å²) in [7, 11) is 2.00. The lowest BCUT2D eigenvalue weighted by atomic mass is 10.1. The van der Waals surface area contributed by atoms with E-state index in [-0.39, 0.29) is 5.78 Å². The van der Waals surface area contributed by atoms with Crippen LogP contribution in [-0.2, 0) is 12.8 Å². The predicted molar refractivity (Wildman–Crippen MR) is 87.8 cm³/mol. The first-order chi connectivity index (χ1) is 10.2. The number of nitrogens with zero attached hydrogens (tertiary/aromatic N) is 1. The minimum Gasteiger partial charge on any atom is -0.299 e. The molecular formula is C19H23NO. The second-order valence-corrected chi connectivity index (χ2v) is 5.45. The van der Waals surface area contributed by atoms with E-state index in [0.717, 1.165) is 24.9 Å². The average Bonchev–Trinajstić information content (AvgIpc) is 2.54. The first-order valence-electron chi connectivity index (χ1n) is 7.53. The monoisotopic (exact) mass is 281 g/mol. The molecule has 0 amide bonds. The highest BCUT2D eigenvalue weighted by atomic mass is 16.1. The summed E-state index contributed by atoms with van der Waals surface area (Å²) in [6.07, 6.45) is 1.98. The quantitative estimate of drug-likeness (QED) is 0.723. The second kappa shape index (κ2) is 7.75. The summed E-state index contributed by atoms with van der Waals surface area (Å²) in [4.78, 5) is 14.3. The molecule has 2 rings (SSSR count). The molecule has 0 heterocycles. The van der Waals surface area contributed by atoms with Crippen molar-refractivity contribution >= 4 is 5.78 Å². The maximum atomic E-state index is 12.2. The van der Waals surface area contributed by atoms with Gasteiger partial charge in [-0.05, 0) is 31.0 Å². The lowest BCUT2D eigenvalue weighted by molar-refractivity contribution is 0.0947. The molecule has 0 aromatic heterocycles. The maximum absolute atomic E-state index is 12.2. The van der Waals surface area contributed by atoms with Gasteiger partial charge in [-0.2, -0.15) is 0 Å².